The first-order valence-electron chi connectivity index (χ1n) is 10.5. The van der Waals surface area contributed by atoms with Crippen LogP contribution < -0.4 is 10.6 Å². The molecule has 0 aliphatic carbocycles. The number of rotatable bonds is 8. The second kappa shape index (κ2) is 10.4. The largest absolute Gasteiger partial charge is 0.392 e. The van der Waals surface area contributed by atoms with Crippen molar-refractivity contribution in [3.05, 3.63) is 89.0 Å². The van der Waals surface area contributed by atoms with Crippen LogP contribution in [0.15, 0.2) is 60.9 Å². The summed E-state index contributed by atoms with van der Waals surface area (Å²) in [6, 6.07) is 15.7. The molecule has 4 N–H and O–H groups in total. The van der Waals surface area contributed by atoms with Gasteiger partial charge in [0.15, 0.2) is 0 Å². The number of aromatic amines is 1. The number of nitrogens with one attached hydrogen (secondary N) is 3. The van der Waals surface area contributed by atoms with E-state index in [2.05, 4.69) is 41.2 Å². The van der Waals surface area contributed by atoms with E-state index in [1.807, 2.05) is 37.3 Å². The lowest BCUT2D eigenvalue weighted by Crippen LogP contribution is -2.29. The van der Waals surface area contributed by atoms with Crippen LogP contribution in [-0.2, 0) is 13.2 Å². The van der Waals surface area contributed by atoms with Crippen molar-refractivity contribution in [2.75, 3.05) is 0 Å². The molecule has 172 valence electrons. The van der Waals surface area contributed by atoms with Gasteiger partial charge in [0.25, 0.3) is 11.8 Å². The average Bonchev–Trinajstić information content (AvgIpc) is 3.42. The van der Waals surface area contributed by atoms with Crippen molar-refractivity contribution in [1.29, 1.82) is 0 Å². The van der Waals surface area contributed by atoms with Crippen molar-refractivity contribution in [3.63, 3.8) is 0 Å². The van der Waals surface area contributed by atoms with Crippen LogP contribution in [0.2, 0.25) is 0 Å². The molecule has 0 saturated heterocycles. The van der Waals surface area contributed by atoms with E-state index in [4.69, 9.17) is 0 Å². The first kappa shape index (κ1) is 22.7. The number of hydrogen-bond acceptors (Lipinski definition) is 8. The van der Waals surface area contributed by atoms with Crippen molar-refractivity contribution in [2.24, 2.45) is 0 Å². The lowest BCUT2D eigenvalue weighted by molar-refractivity contribution is 0.0934. The van der Waals surface area contributed by atoms with Gasteiger partial charge in [-0.3, -0.25) is 9.59 Å². The number of H-pyrrole nitrogens is 1. The zero-order valence-corrected chi connectivity index (χ0v) is 18.3. The molecule has 11 nitrogen and oxygen atoms in total. The fraction of sp³-hybridized carbons (Fsp3) is 0.174. The van der Waals surface area contributed by atoms with Crippen LogP contribution in [0.3, 0.4) is 0 Å². The van der Waals surface area contributed by atoms with E-state index < -0.39 is 11.8 Å². The lowest BCUT2D eigenvalue weighted by Gasteiger charge is -2.14. The van der Waals surface area contributed by atoms with E-state index in [1.54, 1.807) is 18.2 Å². The molecule has 0 fully saturated rings. The Bertz CT molecular complexity index is 1280. The second-order valence-electron chi connectivity index (χ2n) is 7.50. The van der Waals surface area contributed by atoms with Gasteiger partial charge in [-0.2, -0.15) is 5.21 Å². The van der Waals surface area contributed by atoms with Crippen molar-refractivity contribution < 1.29 is 14.7 Å². The third-order valence-corrected chi connectivity index (χ3v) is 5.12. The molecule has 11 heteroatoms. The molecule has 0 unspecified atom stereocenters. The molecule has 4 rings (SSSR count). The van der Waals surface area contributed by atoms with Crippen LogP contribution in [0.1, 0.15) is 50.6 Å². The molecule has 0 saturated carbocycles. The number of aliphatic hydroxyl groups excluding tert-OH is 1. The highest BCUT2D eigenvalue weighted by atomic mass is 16.3. The highest BCUT2D eigenvalue weighted by Crippen LogP contribution is 2.18. The van der Waals surface area contributed by atoms with Gasteiger partial charge in [-0.1, -0.05) is 48.5 Å². The van der Waals surface area contributed by atoms with Gasteiger partial charge in [-0.15, -0.1) is 10.2 Å². The molecule has 0 aliphatic rings. The molecule has 2 heterocycles. The summed E-state index contributed by atoms with van der Waals surface area (Å²) in [5, 5.41) is 28.7. The summed E-state index contributed by atoms with van der Waals surface area (Å²) < 4.78 is 0. The number of amides is 2. The third-order valence-electron chi connectivity index (χ3n) is 5.12. The maximum Gasteiger partial charge on any atom is 0.270 e. The van der Waals surface area contributed by atoms with Gasteiger partial charge in [0.1, 0.15) is 17.7 Å². The number of carbonyl (C=O) groups is 2. The summed E-state index contributed by atoms with van der Waals surface area (Å²) >= 11 is 0. The summed E-state index contributed by atoms with van der Waals surface area (Å²) in [6.07, 6.45) is 1.18. The minimum absolute atomic E-state index is 0.0759. The van der Waals surface area contributed by atoms with Gasteiger partial charge in [0, 0.05) is 18.2 Å². The standard InChI is InChI=1S/C23H22N8O3/c1-14(17-5-7-18(8-6-17)21-28-30-31-29-21)27-23(34)20-10-19(25-13-26-20)22(33)24-11-15-3-2-4-16(9-15)12-32/h2-10,13-14,32H,11-12H2,1H3,(H,24,33)(H,27,34)(H,28,29,30,31)/t14-/m1/s1. The average molecular weight is 458 g/mol. The summed E-state index contributed by atoms with van der Waals surface area (Å²) in [4.78, 5) is 33.2. The van der Waals surface area contributed by atoms with E-state index in [0.717, 1.165) is 22.3 Å². The van der Waals surface area contributed by atoms with Crippen LogP contribution in [0.25, 0.3) is 11.4 Å². The fourth-order valence-electron chi connectivity index (χ4n) is 3.28. The summed E-state index contributed by atoms with van der Waals surface area (Å²) in [5.74, 6) is -0.381. The van der Waals surface area contributed by atoms with E-state index >= 15 is 0 Å². The number of aromatic nitrogens is 6. The Labute approximate surface area is 194 Å². The SMILES string of the molecule is C[C@@H](NC(=O)c1cc(C(=O)NCc2cccc(CO)c2)ncn1)c1ccc(-c2nn[nH]n2)cc1. The zero-order chi connectivity index (χ0) is 23.9. The molecule has 0 spiro atoms. The second-order valence-corrected chi connectivity index (χ2v) is 7.50. The zero-order valence-electron chi connectivity index (χ0n) is 18.3. The number of carbonyl (C=O) groups excluding carboxylic acids is 2. The molecule has 2 amide bonds. The van der Waals surface area contributed by atoms with Gasteiger partial charge >= 0.3 is 0 Å². The third kappa shape index (κ3) is 5.45. The van der Waals surface area contributed by atoms with E-state index in [0.29, 0.717) is 5.82 Å². The number of hydrogen-bond donors (Lipinski definition) is 4. The predicted octanol–water partition coefficient (Wildman–Crippen LogP) is 1.57. The Kier molecular flexibility index (Phi) is 6.94. The molecule has 0 bridgehead atoms. The van der Waals surface area contributed by atoms with E-state index in [9.17, 15) is 14.7 Å². The van der Waals surface area contributed by atoms with Crippen LogP contribution in [-0.4, -0.2) is 47.5 Å². The Morgan fingerprint density at radius 3 is 2.44 bits per heavy atom. The summed E-state index contributed by atoms with van der Waals surface area (Å²) in [5.41, 5.74) is 3.42. The minimum atomic E-state index is -0.434. The maximum absolute atomic E-state index is 12.7. The first-order chi connectivity index (χ1) is 16.5. The number of aliphatic hydroxyl groups is 1. The van der Waals surface area contributed by atoms with Gasteiger partial charge in [0.05, 0.1) is 12.6 Å². The molecule has 0 radical (unpaired) electrons. The Balaban J connectivity index is 1.37. The van der Waals surface area contributed by atoms with Crippen molar-refractivity contribution in [3.8, 4) is 11.4 Å². The number of tetrazole rings is 1. The van der Waals surface area contributed by atoms with Crippen LogP contribution in [0.4, 0.5) is 0 Å². The molecule has 34 heavy (non-hydrogen) atoms. The van der Waals surface area contributed by atoms with Crippen LogP contribution in [0, 0.1) is 0 Å². The van der Waals surface area contributed by atoms with Crippen molar-refractivity contribution >= 4 is 11.8 Å². The maximum atomic E-state index is 12.7. The predicted molar refractivity (Wildman–Crippen MR) is 121 cm³/mol. The number of benzene rings is 2. The molecular formula is C23H22N8O3. The Morgan fingerprint density at radius 2 is 1.74 bits per heavy atom. The monoisotopic (exact) mass is 458 g/mol. The Hall–Kier alpha value is -4.51. The van der Waals surface area contributed by atoms with Crippen molar-refractivity contribution in [1.82, 2.24) is 41.2 Å². The van der Waals surface area contributed by atoms with E-state index in [-0.39, 0.29) is 30.6 Å². The topological polar surface area (TPSA) is 159 Å². The van der Waals surface area contributed by atoms with Crippen LogP contribution in [0.5, 0.6) is 0 Å². The Morgan fingerprint density at radius 1 is 1.00 bits per heavy atom. The van der Waals surface area contributed by atoms with Crippen molar-refractivity contribution in [2.45, 2.75) is 26.1 Å². The molecule has 2 aromatic carbocycles. The van der Waals surface area contributed by atoms with Gasteiger partial charge in [-0.05, 0) is 28.8 Å². The molecule has 4 aromatic rings. The minimum Gasteiger partial charge on any atom is -0.392 e. The number of nitrogens with zero attached hydrogens (tertiary/aromatic N) is 5. The van der Waals surface area contributed by atoms with Gasteiger partial charge < -0.3 is 15.7 Å². The molecular weight excluding hydrogens is 436 g/mol. The first-order valence-corrected chi connectivity index (χ1v) is 10.5. The molecule has 1 atom stereocenters. The summed E-state index contributed by atoms with van der Waals surface area (Å²) in [7, 11) is 0. The van der Waals surface area contributed by atoms with Crippen LogP contribution >= 0.6 is 0 Å². The quantitative estimate of drug-likeness (QED) is 0.310. The smallest absolute Gasteiger partial charge is 0.270 e. The normalized spacial score (nSPS) is 11.6. The van der Waals surface area contributed by atoms with Gasteiger partial charge in [-0.25, -0.2) is 9.97 Å². The fourth-order valence-corrected chi connectivity index (χ4v) is 3.28. The highest BCUT2D eigenvalue weighted by Gasteiger charge is 2.16. The van der Waals surface area contributed by atoms with E-state index in [1.165, 1.54) is 12.4 Å². The summed E-state index contributed by atoms with van der Waals surface area (Å²) in [6.45, 7) is 2.03. The molecule has 0 aliphatic heterocycles. The highest BCUT2D eigenvalue weighted by molar-refractivity contribution is 5.97. The van der Waals surface area contributed by atoms with Gasteiger partial charge in [0.2, 0.25) is 5.82 Å². The molecule has 2 aromatic heterocycles. The lowest BCUT2D eigenvalue weighted by atomic mass is 10.1.